The molecule has 0 amide bonds. The quantitative estimate of drug-likeness (QED) is 0.662. The molecule has 1 rings (SSSR count). The molecule has 1 aromatic carbocycles. The molecule has 0 saturated carbocycles. The van der Waals surface area contributed by atoms with Crippen LogP contribution in [0.3, 0.4) is 0 Å². The lowest BCUT2D eigenvalue weighted by Gasteiger charge is -2.24. The van der Waals surface area contributed by atoms with Crippen LogP contribution in [-0.2, 0) is 0 Å². The highest BCUT2D eigenvalue weighted by molar-refractivity contribution is 6.30. The molecule has 1 aromatic rings. The lowest BCUT2D eigenvalue weighted by Crippen LogP contribution is -2.31. The zero-order chi connectivity index (χ0) is 15.7. The molecule has 0 fully saturated rings. The first-order chi connectivity index (χ1) is 10.1. The van der Waals surface area contributed by atoms with Crippen molar-refractivity contribution in [1.82, 2.24) is 10.2 Å². The van der Waals surface area contributed by atoms with Gasteiger partial charge in [-0.2, -0.15) is 0 Å². The summed E-state index contributed by atoms with van der Waals surface area (Å²) in [5.41, 5.74) is 1.29. The minimum absolute atomic E-state index is 0.396. The minimum Gasteiger partial charge on any atom is -0.307 e. The van der Waals surface area contributed by atoms with Crippen molar-refractivity contribution in [3.05, 3.63) is 34.9 Å². The van der Waals surface area contributed by atoms with Crippen molar-refractivity contribution >= 4 is 11.6 Å². The summed E-state index contributed by atoms with van der Waals surface area (Å²) in [5, 5.41) is 4.56. The van der Waals surface area contributed by atoms with Gasteiger partial charge in [0, 0.05) is 17.1 Å². The molecule has 3 heteroatoms. The molecule has 0 radical (unpaired) electrons. The van der Waals surface area contributed by atoms with E-state index in [1.54, 1.807) is 0 Å². The number of benzene rings is 1. The van der Waals surface area contributed by atoms with Crippen molar-refractivity contribution in [1.29, 1.82) is 0 Å². The van der Waals surface area contributed by atoms with E-state index in [0.717, 1.165) is 24.5 Å². The highest BCUT2D eigenvalue weighted by Gasteiger charge is 2.13. The summed E-state index contributed by atoms with van der Waals surface area (Å²) in [7, 11) is 0. The van der Waals surface area contributed by atoms with Gasteiger partial charge in [-0.05, 0) is 63.5 Å². The van der Waals surface area contributed by atoms with Gasteiger partial charge in [0.25, 0.3) is 0 Å². The average molecular weight is 311 g/mol. The van der Waals surface area contributed by atoms with Gasteiger partial charge in [0.1, 0.15) is 0 Å². The zero-order valence-corrected chi connectivity index (χ0v) is 14.8. The molecule has 0 aliphatic carbocycles. The van der Waals surface area contributed by atoms with Crippen LogP contribution in [0.15, 0.2) is 24.3 Å². The van der Waals surface area contributed by atoms with Crippen molar-refractivity contribution in [2.24, 2.45) is 0 Å². The average Bonchev–Trinajstić information content (AvgIpc) is 2.49. The van der Waals surface area contributed by atoms with Crippen molar-refractivity contribution < 1.29 is 0 Å². The second kappa shape index (κ2) is 10.2. The van der Waals surface area contributed by atoms with Crippen LogP contribution in [0.1, 0.15) is 58.6 Å². The van der Waals surface area contributed by atoms with Crippen LogP contribution in [0.25, 0.3) is 0 Å². The van der Waals surface area contributed by atoms with Crippen LogP contribution in [0.5, 0.6) is 0 Å². The van der Waals surface area contributed by atoms with Gasteiger partial charge in [-0.25, -0.2) is 0 Å². The molecule has 2 unspecified atom stereocenters. The Morgan fingerprint density at radius 1 is 1.19 bits per heavy atom. The van der Waals surface area contributed by atoms with Crippen LogP contribution in [0.4, 0.5) is 0 Å². The molecule has 0 aromatic heterocycles. The maximum absolute atomic E-state index is 6.10. The molecule has 2 nitrogen and oxygen atoms in total. The summed E-state index contributed by atoms with van der Waals surface area (Å²) in [6.07, 6.45) is 3.55. The van der Waals surface area contributed by atoms with Crippen molar-refractivity contribution in [2.75, 3.05) is 19.6 Å². The number of nitrogens with zero attached hydrogens (tertiary/aromatic N) is 1. The second-order valence-electron chi connectivity index (χ2n) is 5.75. The first-order valence-corrected chi connectivity index (χ1v) is 8.72. The molecule has 0 spiro atoms. The monoisotopic (exact) mass is 310 g/mol. The zero-order valence-electron chi connectivity index (χ0n) is 14.0. The Labute approximate surface area is 135 Å². The van der Waals surface area contributed by atoms with E-state index < -0.39 is 0 Å². The second-order valence-corrected chi connectivity index (χ2v) is 6.19. The summed E-state index contributed by atoms with van der Waals surface area (Å²) in [5.74, 6) is 0. The van der Waals surface area contributed by atoms with Gasteiger partial charge in [0.05, 0.1) is 0 Å². The molecular formula is C18H31ClN2. The van der Waals surface area contributed by atoms with Crippen LogP contribution in [-0.4, -0.2) is 30.6 Å². The molecule has 0 saturated heterocycles. The fourth-order valence-corrected chi connectivity index (χ4v) is 2.96. The van der Waals surface area contributed by atoms with E-state index >= 15 is 0 Å². The predicted molar refractivity (Wildman–Crippen MR) is 94.1 cm³/mol. The third-order valence-electron chi connectivity index (χ3n) is 4.15. The largest absolute Gasteiger partial charge is 0.307 e. The minimum atomic E-state index is 0.396. The SMILES string of the molecule is CCC(NC(C)CCCN(CC)CC)c1cccc(Cl)c1. The Bertz CT molecular complexity index is 391. The lowest BCUT2D eigenvalue weighted by molar-refractivity contribution is 0.287. The number of halogens is 1. The predicted octanol–water partition coefficient (Wildman–Crippen LogP) is 4.89. The van der Waals surface area contributed by atoms with Gasteiger partial charge in [0.15, 0.2) is 0 Å². The van der Waals surface area contributed by atoms with Crippen molar-refractivity contribution in [3.63, 3.8) is 0 Å². The Kier molecular flexibility index (Phi) is 8.98. The summed E-state index contributed by atoms with van der Waals surface area (Å²) < 4.78 is 0. The van der Waals surface area contributed by atoms with Crippen LogP contribution >= 0.6 is 11.6 Å². The Hall–Kier alpha value is -0.570. The van der Waals surface area contributed by atoms with Crippen LogP contribution in [0.2, 0.25) is 5.02 Å². The first-order valence-electron chi connectivity index (χ1n) is 8.34. The molecular weight excluding hydrogens is 280 g/mol. The molecule has 0 aliphatic heterocycles. The van der Waals surface area contributed by atoms with Gasteiger partial charge in [-0.1, -0.05) is 44.5 Å². The van der Waals surface area contributed by atoms with Gasteiger partial charge < -0.3 is 10.2 Å². The normalized spacial score (nSPS) is 14.4. The molecule has 21 heavy (non-hydrogen) atoms. The van der Waals surface area contributed by atoms with E-state index in [0.29, 0.717) is 12.1 Å². The molecule has 120 valence electrons. The Morgan fingerprint density at radius 3 is 2.48 bits per heavy atom. The maximum atomic E-state index is 6.10. The molecule has 1 N–H and O–H groups in total. The van der Waals surface area contributed by atoms with Crippen molar-refractivity contribution in [2.45, 2.75) is 59.0 Å². The molecule has 2 atom stereocenters. The molecule has 0 heterocycles. The standard InChI is InChI=1S/C18H31ClN2/c1-5-18(16-11-8-12-17(19)14-16)20-15(4)10-9-13-21(6-2)7-3/h8,11-12,14-15,18,20H,5-7,9-10,13H2,1-4H3. The van der Waals surface area contributed by atoms with Crippen molar-refractivity contribution in [3.8, 4) is 0 Å². The van der Waals surface area contributed by atoms with E-state index in [9.17, 15) is 0 Å². The van der Waals surface area contributed by atoms with Crippen LogP contribution < -0.4 is 5.32 Å². The summed E-state index contributed by atoms with van der Waals surface area (Å²) in [6, 6.07) is 9.14. The van der Waals surface area contributed by atoms with Gasteiger partial charge in [-0.15, -0.1) is 0 Å². The van der Waals surface area contributed by atoms with Crippen LogP contribution in [0, 0.1) is 0 Å². The van der Waals surface area contributed by atoms with Gasteiger partial charge in [0.2, 0.25) is 0 Å². The lowest BCUT2D eigenvalue weighted by atomic mass is 10.0. The third-order valence-corrected chi connectivity index (χ3v) is 4.39. The topological polar surface area (TPSA) is 15.3 Å². The first kappa shape index (κ1) is 18.5. The number of rotatable bonds is 10. The van der Waals surface area contributed by atoms with E-state index in [-0.39, 0.29) is 0 Å². The van der Waals surface area contributed by atoms with E-state index in [2.05, 4.69) is 50.0 Å². The number of hydrogen-bond donors (Lipinski definition) is 1. The van der Waals surface area contributed by atoms with E-state index in [1.807, 2.05) is 12.1 Å². The van der Waals surface area contributed by atoms with E-state index in [4.69, 9.17) is 11.6 Å². The maximum Gasteiger partial charge on any atom is 0.0409 e. The molecule has 0 bridgehead atoms. The fourth-order valence-electron chi connectivity index (χ4n) is 2.76. The number of nitrogens with one attached hydrogen (secondary N) is 1. The number of hydrogen-bond acceptors (Lipinski definition) is 2. The highest BCUT2D eigenvalue weighted by atomic mass is 35.5. The van der Waals surface area contributed by atoms with Gasteiger partial charge in [-0.3, -0.25) is 0 Å². The van der Waals surface area contributed by atoms with Gasteiger partial charge >= 0.3 is 0 Å². The Balaban J connectivity index is 2.42. The Morgan fingerprint density at radius 2 is 1.90 bits per heavy atom. The summed E-state index contributed by atoms with van der Waals surface area (Å²) in [6.45, 7) is 12.5. The molecule has 0 aliphatic rings. The summed E-state index contributed by atoms with van der Waals surface area (Å²) in [4.78, 5) is 2.49. The summed E-state index contributed by atoms with van der Waals surface area (Å²) >= 11 is 6.10. The fraction of sp³-hybridized carbons (Fsp3) is 0.667. The van der Waals surface area contributed by atoms with E-state index in [1.165, 1.54) is 24.9 Å². The smallest absolute Gasteiger partial charge is 0.0409 e. The third kappa shape index (κ3) is 6.82. The highest BCUT2D eigenvalue weighted by Crippen LogP contribution is 2.21.